The van der Waals surface area contributed by atoms with E-state index in [9.17, 15) is 4.79 Å². The van der Waals surface area contributed by atoms with Crippen LogP contribution in [0.15, 0.2) is 36.2 Å². The molecule has 0 N–H and O–H groups in total. The smallest absolute Gasteiger partial charge is 0.165 e. The van der Waals surface area contributed by atoms with Crippen molar-refractivity contribution in [2.45, 2.75) is 77.6 Å². The Kier molecular flexibility index (Phi) is 6.20. The van der Waals surface area contributed by atoms with Gasteiger partial charge in [0.25, 0.3) is 0 Å². The van der Waals surface area contributed by atoms with E-state index in [4.69, 9.17) is 4.74 Å². The number of allylic oxidation sites excluding steroid dienone is 1. The van der Waals surface area contributed by atoms with Crippen LogP contribution in [0.1, 0.15) is 87.8 Å². The molecule has 2 fully saturated rings. The molecular formula is C29H38N2O2. The normalized spacial score (nSPS) is 29.6. The van der Waals surface area contributed by atoms with Crippen LogP contribution in [0.25, 0.3) is 6.08 Å². The van der Waals surface area contributed by atoms with Crippen molar-refractivity contribution < 1.29 is 9.53 Å². The average Bonchev–Trinajstić information content (AvgIpc) is 3.34. The van der Waals surface area contributed by atoms with Crippen molar-refractivity contribution in [3.8, 4) is 5.75 Å². The van der Waals surface area contributed by atoms with E-state index in [1.54, 1.807) is 4.68 Å². The van der Waals surface area contributed by atoms with Gasteiger partial charge in [-0.1, -0.05) is 39.2 Å². The molecule has 3 aliphatic rings. The molecule has 4 heteroatoms. The summed E-state index contributed by atoms with van der Waals surface area (Å²) in [5, 5.41) is 4.27. The quantitative estimate of drug-likeness (QED) is 0.360. The Morgan fingerprint density at radius 1 is 1.24 bits per heavy atom. The summed E-state index contributed by atoms with van der Waals surface area (Å²) in [6.07, 6.45) is 16.2. The second kappa shape index (κ2) is 9.12. The third kappa shape index (κ3) is 4.18. The Hall–Kier alpha value is -2.36. The van der Waals surface area contributed by atoms with Crippen LogP contribution in [0, 0.1) is 17.3 Å². The van der Waals surface area contributed by atoms with E-state index in [0.717, 1.165) is 55.6 Å². The number of nitrogens with zero attached hydrogens (tertiary/aromatic N) is 2. The molecule has 5 rings (SSSR count). The second-order valence-electron chi connectivity index (χ2n) is 10.8. The molecule has 1 aromatic heterocycles. The molecule has 2 saturated carbocycles. The lowest BCUT2D eigenvalue weighted by Crippen LogP contribution is -2.42. The van der Waals surface area contributed by atoms with Gasteiger partial charge in [0, 0.05) is 24.2 Å². The SMILES string of the molecule is CCCCCCOc1ccc2c(c1)CC[C@@H]1[C@@H]2CC[C@@]2(C)C(=O)/C(=C/c3cnn(C)c3)C[C@@H]12. The molecule has 33 heavy (non-hydrogen) atoms. The van der Waals surface area contributed by atoms with Crippen LogP contribution in [-0.2, 0) is 18.3 Å². The van der Waals surface area contributed by atoms with E-state index in [1.807, 2.05) is 19.4 Å². The van der Waals surface area contributed by atoms with Crippen LogP contribution in [-0.4, -0.2) is 22.2 Å². The molecule has 0 amide bonds. The summed E-state index contributed by atoms with van der Waals surface area (Å²) < 4.78 is 7.87. The van der Waals surface area contributed by atoms with Gasteiger partial charge >= 0.3 is 0 Å². The van der Waals surface area contributed by atoms with E-state index < -0.39 is 0 Å². The number of aromatic nitrogens is 2. The standard InChI is InChI=1S/C29H38N2O2/c1-4-5-6-7-14-33-23-9-11-24-21(16-23)8-10-26-25(24)12-13-29(2)27(26)17-22(28(29)32)15-20-18-30-31(3)19-20/h9,11,15-16,18-19,25-27H,4-8,10,12-14,17H2,1-3H3/b22-15+/t25-,26-,27+,29-/m1/s1. The van der Waals surface area contributed by atoms with Crippen LogP contribution >= 0.6 is 0 Å². The van der Waals surface area contributed by atoms with E-state index in [0.29, 0.717) is 23.5 Å². The Morgan fingerprint density at radius 3 is 2.91 bits per heavy atom. The molecular weight excluding hydrogens is 408 g/mol. The predicted molar refractivity (Wildman–Crippen MR) is 132 cm³/mol. The number of rotatable bonds is 7. The van der Waals surface area contributed by atoms with Gasteiger partial charge in [-0.25, -0.2) is 0 Å². The monoisotopic (exact) mass is 446 g/mol. The first kappa shape index (κ1) is 22.4. The number of fused-ring (bicyclic) bond motifs is 5. The minimum atomic E-state index is -0.200. The molecule has 4 nitrogen and oxygen atoms in total. The van der Waals surface area contributed by atoms with Gasteiger partial charge < -0.3 is 4.74 Å². The van der Waals surface area contributed by atoms with Crippen molar-refractivity contribution in [2.75, 3.05) is 6.61 Å². The molecule has 4 atom stereocenters. The fourth-order valence-electron chi connectivity index (χ4n) is 6.88. The van der Waals surface area contributed by atoms with Gasteiger partial charge in [-0.2, -0.15) is 5.10 Å². The van der Waals surface area contributed by atoms with Crippen molar-refractivity contribution in [3.63, 3.8) is 0 Å². The predicted octanol–water partition coefficient (Wildman–Crippen LogP) is 6.50. The van der Waals surface area contributed by atoms with Gasteiger partial charge in [0.1, 0.15) is 5.75 Å². The largest absolute Gasteiger partial charge is 0.494 e. The van der Waals surface area contributed by atoms with Crippen molar-refractivity contribution in [2.24, 2.45) is 24.3 Å². The number of benzene rings is 1. The Bertz CT molecular complexity index is 1050. The molecule has 0 saturated heterocycles. The number of unbranched alkanes of at least 4 members (excludes halogenated alkanes) is 3. The molecule has 0 spiro atoms. The first-order chi connectivity index (χ1) is 16.0. The molecule has 3 aliphatic carbocycles. The number of hydrogen-bond acceptors (Lipinski definition) is 3. The summed E-state index contributed by atoms with van der Waals surface area (Å²) >= 11 is 0. The van der Waals surface area contributed by atoms with Crippen LogP contribution in [0.2, 0.25) is 0 Å². The van der Waals surface area contributed by atoms with Gasteiger partial charge in [0.2, 0.25) is 0 Å². The van der Waals surface area contributed by atoms with Crippen molar-refractivity contribution in [3.05, 3.63) is 52.9 Å². The van der Waals surface area contributed by atoms with E-state index >= 15 is 0 Å². The molecule has 0 radical (unpaired) electrons. The fraction of sp³-hybridized carbons (Fsp3) is 0.586. The van der Waals surface area contributed by atoms with Gasteiger partial charge in [0.15, 0.2) is 5.78 Å². The molecule has 2 aromatic rings. The fourth-order valence-corrected chi connectivity index (χ4v) is 6.88. The van der Waals surface area contributed by atoms with E-state index in [-0.39, 0.29) is 5.41 Å². The van der Waals surface area contributed by atoms with Crippen molar-refractivity contribution >= 4 is 11.9 Å². The molecule has 1 heterocycles. The van der Waals surface area contributed by atoms with Crippen molar-refractivity contribution in [1.29, 1.82) is 0 Å². The maximum absolute atomic E-state index is 13.5. The zero-order valence-corrected chi connectivity index (χ0v) is 20.5. The number of ketones is 1. The summed E-state index contributed by atoms with van der Waals surface area (Å²) in [5.41, 5.74) is 4.84. The lowest BCUT2D eigenvalue weighted by Gasteiger charge is -2.48. The van der Waals surface area contributed by atoms with Crippen LogP contribution in [0.3, 0.4) is 0 Å². The molecule has 1 aromatic carbocycles. The zero-order chi connectivity index (χ0) is 23.0. The van der Waals surface area contributed by atoms with Crippen LogP contribution in [0.4, 0.5) is 0 Å². The lowest BCUT2D eigenvalue weighted by atomic mass is 9.55. The summed E-state index contributed by atoms with van der Waals surface area (Å²) in [6, 6.07) is 6.81. The lowest BCUT2D eigenvalue weighted by molar-refractivity contribution is -0.127. The average molecular weight is 447 g/mol. The first-order valence-corrected chi connectivity index (χ1v) is 13.0. The Balaban J connectivity index is 1.32. The maximum atomic E-state index is 13.5. The number of hydrogen-bond donors (Lipinski definition) is 0. The third-order valence-electron chi connectivity index (χ3n) is 8.67. The summed E-state index contributed by atoms with van der Waals surface area (Å²) in [7, 11) is 1.92. The Labute approximate surface area is 198 Å². The highest BCUT2D eigenvalue weighted by molar-refractivity contribution is 6.05. The molecule has 176 valence electrons. The van der Waals surface area contributed by atoms with Gasteiger partial charge in [-0.05, 0) is 91.2 Å². The number of Topliss-reactive ketones (excluding diaryl/α,β-unsaturated/α-hetero) is 1. The first-order valence-electron chi connectivity index (χ1n) is 13.0. The van der Waals surface area contributed by atoms with Gasteiger partial charge in [0.05, 0.1) is 12.8 Å². The molecule has 0 bridgehead atoms. The highest BCUT2D eigenvalue weighted by Crippen LogP contribution is 2.60. The summed E-state index contributed by atoms with van der Waals surface area (Å²) in [6.45, 7) is 5.30. The topological polar surface area (TPSA) is 44.1 Å². The number of carbonyl (C=O) groups excluding carboxylic acids is 1. The summed E-state index contributed by atoms with van der Waals surface area (Å²) in [5.74, 6) is 3.04. The highest BCUT2D eigenvalue weighted by atomic mass is 16.5. The number of ether oxygens (including phenoxy) is 1. The second-order valence-corrected chi connectivity index (χ2v) is 10.8. The summed E-state index contributed by atoms with van der Waals surface area (Å²) in [4.78, 5) is 13.5. The number of aryl methyl sites for hydroxylation is 2. The zero-order valence-electron chi connectivity index (χ0n) is 20.5. The molecule has 0 aliphatic heterocycles. The van der Waals surface area contributed by atoms with Gasteiger partial charge in [-0.15, -0.1) is 0 Å². The van der Waals surface area contributed by atoms with Crippen LogP contribution in [0.5, 0.6) is 5.75 Å². The minimum Gasteiger partial charge on any atom is -0.494 e. The maximum Gasteiger partial charge on any atom is 0.165 e. The van der Waals surface area contributed by atoms with Crippen molar-refractivity contribution in [1.82, 2.24) is 9.78 Å². The molecule has 0 unspecified atom stereocenters. The van der Waals surface area contributed by atoms with Crippen LogP contribution < -0.4 is 4.74 Å². The van der Waals surface area contributed by atoms with E-state index in [2.05, 4.69) is 43.2 Å². The number of carbonyl (C=O) groups is 1. The Morgan fingerprint density at radius 2 is 2.12 bits per heavy atom. The third-order valence-corrected chi connectivity index (χ3v) is 8.67. The van der Waals surface area contributed by atoms with E-state index in [1.165, 1.54) is 36.8 Å². The van der Waals surface area contributed by atoms with Gasteiger partial charge in [-0.3, -0.25) is 9.48 Å². The minimum absolute atomic E-state index is 0.200. The highest BCUT2D eigenvalue weighted by Gasteiger charge is 2.56.